The molecule has 2 aromatic carbocycles. The van der Waals surface area contributed by atoms with E-state index in [0.717, 1.165) is 31.5 Å². The summed E-state index contributed by atoms with van der Waals surface area (Å²) < 4.78 is 45.1. The third kappa shape index (κ3) is 3.68. The molecule has 0 radical (unpaired) electrons. The minimum atomic E-state index is -4.46. The smallest absolute Gasteiger partial charge is 0.416 e. The number of nitrogens with zero attached hydrogens (tertiary/aromatic N) is 2. The first-order chi connectivity index (χ1) is 19.5. The normalized spacial score (nSPS) is 31.5. The van der Waals surface area contributed by atoms with Crippen LogP contribution in [0.15, 0.2) is 36.4 Å². The van der Waals surface area contributed by atoms with Crippen molar-refractivity contribution < 1.29 is 37.7 Å². The first-order valence-electron chi connectivity index (χ1n) is 14.0. The largest absolute Gasteiger partial charge is 0.504 e. The molecule has 2 aromatic rings. The van der Waals surface area contributed by atoms with Crippen LogP contribution in [-0.4, -0.2) is 75.6 Å². The molecule has 0 unspecified atom stereocenters. The van der Waals surface area contributed by atoms with Crippen LogP contribution in [0.1, 0.15) is 59.2 Å². The number of halogens is 3. The Morgan fingerprint density at radius 2 is 1.88 bits per heavy atom. The Balaban J connectivity index is 1.23. The van der Waals surface area contributed by atoms with Gasteiger partial charge in [-0.3, -0.25) is 14.5 Å². The van der Waals surface area contributed by atoms with Gasteiger partial charge in [-0.05, 0) is 74.4 Å². The summed E-state index contributed by atoms with van der Waals surface area (Å²) in [4.78, 5) is 30.8. The van der Waals surface area contributed by atoms with E-state index in [-0.39, 0.29) is 29.3 Å². The van der Waals surface area contributed by atoms with Crippen LogP contribution in [0.5, 0.6) is 11.5 Å². The maximum Gasteiger partial charge on any atom is 0.416 e. The quantitative estimate of drug-likeness (QED) is 0.553. The van der Waals surface area contributed by atoms with E-state index in [1.54, 1.807) is 13.1 Å². The van der Waals surface area contributed by atoms with E-state index in [1.807, 2.05) is 0 Å². The third-order valence-corrected chi connectivity index (χ3v) is 9.91. The van der Waals surface area contributed by atoms with Gasteiger partial charge in [-0.15, -0.1) is 0 Å². The Kier molecular flexibility index (Phi) is 5.61. The summed E-state index contributed by atoms with van der Waals surface area (Å²) in [6, 6.07) is 6.10. The molecule has 7 nitrogen and oxygen atoms in total. The lowest BCUT2D eigenvalue weighted by Crippen LogP contribution is -2.79. The second-order valence-electron chi connectivity index (χ2n) is 12.1. The van der Waals surface area contributed by atoms with Crippen molar-refractivity contribution in [2.75, 3.05) is 20.1 Å². The average molecular weight is 567 g/mol. The fraction of sp³-hybridized carbons (Fsp3) is 0.484. The summed E-state index contributed by atoms with van der Waals surface area (Å²) in [5, 5.41) is 23.3. The topological polar surface area (TPSA) is 90.3 Å². The molecule has 2 heterocycles. The molecule has 5 aliphatic rings. The molecule has 1 amide bonds. The highest BCUT2D eigenvalue weighted by Gasteiger charge is 2.75. The van der Waals surface area contributed by atoms with Crippen molar-refractivity contribution in [2.45, 2.75) is 67.5 Å². The summed E-state index contributed by atoms with van der Waals surface area (Å²) in [5.41, 5.74) is -1.96. The summed E-state index contributed by atoms with van der Waals surface area (Å²) in [5.74, 6) is 5.08. The van der Waals surface area contributed by atoms with Gasteiger partial charge < -0.3 is 19.8 Å². The van der Waals surface area contributed by atoms with Gasteiger partial charge in [0, 0.05) is 42.7 Å². The average Bonchev–Trinajstić information content (AvgIpc) is 3.68. The molecule has 1 saturated heterocycles. The number of benzene rings is 2. The standard InChI is InChI=1S/C31H29F3N2O5/c1-35(23(38)11-6-17-4-7-19(8-5-17)31(32,33)34)21-12-13-30(40)27-25(39)20-9-10-22(37)26-24(20)29(30,28(21)41-26)14-15-36(27)16-18-2-3-18/h4-5,7-10,18,21,27-28,37,40H,2-3,12-16H2,1H3/t21-,27-,28+,29+,30-/m1/s1. The summed E-state index contributed by atoms with van der Waals surface area (Å²) in [7, 11) is 1.59. The second kappa shape index (κ2) is 8.73. The molecule has 2 aliphatic heterocycles. The summed E-state index contributed by atoms with van der Waals surface area (Å²) >= 11 is 0. The number of phenols is 1. The number of likely N-dealkylation sites (N-methyl/N-ethyl adjacent to an activating group) is 1. The number of ether oxygens (including phenoxy) is 1. The van der Waals surface area contributed by atoms with Crippen LogP contribution in [0.25, 0.3) is 0 Å². The molecule has 0 aromatic heterocycles. The fourth-order valence-electron chi connectivity index (χ4n) is 7.80. The van der Waals surface area contributed by atoms with Gasteiger partial charge in [0.25, 0.3) is 5.91 Å². The zero-order valence-corrected chi connectivity index (χ0v) is 22.4. The third-order valence-electron chi connectivity index (χ3n) is 9.91. The molecule has 5 atom stereocenters. The number of aromatic hydroxyl groups is 1. The van der Waals surface area contributed by atoms with Crippen molar-refractivity contribution in [2.24, 2.45) is 5.92 Å². The molecule has 7 rings (SSSR count). The van der Waals surface area contributed by atoms with Crippen molar-refractivity contribution >= 4 is 11.7 Å². The maximum atomic E-state index is 13.9. The monoisotopic (exact) mass is 566 g/mol. The molecule has 2 N–H and O–H groups in total. The van der Waals surface area contributed by atoms with E-state index in [4.69, 9.17) is 4.74 Å². The van der Waals surface area contributed by atoms with Gasteiger partial charge in [0.1, 0.15) is 17.7 Å². The summed E-state index contributed by atoms with van der Waals surface area (Å²) in [6.45, 7) is 1.34. The van der Waals surface area contributed by atoms with Crippen LogP contribution >= 0.6 is 0 Å². The lowest BCUT2D eigenvalue weighted by atomic mass is 9.48. The van der Waals surface area contributed by atoms with Crippen molar-refractivity contribution in [3.05, 3.63) is 58.7 Å². The minimum Gasteiger partial charge on any atom is -0.504 e. The van der Waals surface area contributed by atoms with E-state index in [1.165, 1.54) is 23.1 Å². The van der Waals surface area contributed by atoms with Crippen molar-refractivity contribution in [3.8, 4) is 23.3 Å². The number of likely N-dealkylation sites (tertiary alicyclic amines) is 1. The van der Waals surface area contributed by atoms with E-state index >= 15 is 0 Å². The first-order valence-corrected chi connectivity index (χ1v) is 14.0. The van der Waals surface area contributed by atoms with Crippen LogP contribution in [-0.2, 0) is 16.4 Å². The van der Waals surface area contributed by atoms with Crippen LogP contribution in [0, 0.1) is 17.8 Å². The maximum absolute atomic E-state index is 13.9. The lowest BCUT2D eigenvalue weighted by Gasteiger charge is -2.63. The SMILES string of the molecule is CN(C(=O)C#Cc1ccc(C(F)(F)F)cc1)[C@@H]1CC[C@@]2(O)[C@H]3C(=O)c4ccc(O)c5c4[C@@]2(CCN3CC2CC2)[C@H]1O5. The number of Topliss-reactive ketones (excluding diaryl/α,β-unsaturated/α-hetero) is 1. The number of amides is 1. The highest BCUT2D eigenvalue weighted by molar-refractivity contribution is 6.06. The van der Waals surface area contributed by atoms with Gasteiger partial charge in [0.05, 0.1) is 17.0 Å². The van der Waals surface area contributed by atoms with E-state index in [0.29, 0.717) is 36.4 Å². The highest BCUT2D eigenvalue weighted by Crippen LogP contribution is 2.66. The Hall–Kier alpha value is -3.55. The molecule has 2 saturated carbocycles. The molecular weight excluding hydrogens is 537 g/mol. The molecule has 1 spiro atoms. The molecule has 3 aliphatic carbocycles. The fourth-order valence-corrected chi connectivity index (χ4v) is 7.80. The van der Waals surface area contributed by atoms with Crippen molar-refractivity contribution in [1.82, 2.24) is 9.80 Å². The number of hydrogen-bond acceptors (Lipinski definition) is 6. The number of hydrogen-bond donors (Lipinski definition) is 2. The van der Waals surface area contributed by atoms with Crippen molar-refractivity contribution in [3.63, 3.8) is 0 Å². The Labute approximate surface area is 234 Å². The molecular formula is C31H29F3N2O5. The van der Waals surface area contributed by atoms with Crippen LogP contribution < -0.4 is 4.74 Å². The predicted octanol–water partition coefficient (Wildman–Crippen LogP) is 3.49. The van der Waals surface area contributed by atoms with Gasteiger partial charge in [-0.25, -0.2) is 0 Å². The number of phenolic OH excluding ortho intramolecular Hbond substituents is 1. The van der Waals surface area contributed by atoms with Gasteiger partial charge >= 0.3 is 6.18 Å². The number of rotatable bonds is 3. The van der Waals surface area contributed by atoms with Crippen LogP contribution in [0.2, 0.25) is 0 Å². The Morgan fingerprint density at radius 1 is 1.15 bits per heavy atom. The zero-order valence-electron chi connectivity index (χ0n) is 22.4. The predicted molar refractivity (Wildman–Crippen MR) is 140 cm³/mol. The number of aliphatic hydroxyl groups is 1. The number of ketones is 1. The molecule has 10 heteroatoms. The highest BCUT2D eigenvalue weighted by atomic mass is 19.4. The van der Waals surface area contributed by atoms with E-state index < -0.39 is 46.9 Å². The van der Waals surface area contributed by atoms with Gasteiger partial charge in [0.15, 0.2) is 17.3 Å². The van der Waals surface area contributed by atoms with Crippen LogP contribution in [0.3, 0.4) is 0 Å². The minimum absolute atomic E-state index is 0.114. The number of piperidine rings is 1. The molecule has 214 valence electrons. The zero-order chi connectivity index (χ0) is 28.9. The van der Waals surface area contributed by atoms with Crippen molar-refractivity contribution in [1.29, 1.82) is 0 Å². The Bertz CT molecular complexity index is 1530. The van der Waals surface area contributed by atoms with E-state index in [9.17, 15) is 33.0 Å². The molecule has 2 bridgehead atoms. The summed E-state index contributed by atoms with van der Waals surface area (Å²) in [6.07, 6.45) is -1.85. The van der Waals surface area contributed by atoms with Gasteiger partial charge in [-0.2, -0.15) is 13.2 Å². The molecule has 3 fully saturated rings. The lowest BCUT2D eigenvalue weighted by molar-refractivity contribution is -0.187. The Morgan fingerprint density at radius 3 is 2.56 bits per heavy atom. The number of carbonyl (C=O) groups excluding carboxylic acids is 2. The van der Waals surface area contributed by atoms with E-state index in [2.05, 4.69) is 16.7 Å². The van der Waals surface area contributed by atoms with Gasteiger partial charge in [-0.1, -0.05) is 5.92 Å². The second-order valence-corrected chi connectivity index (χ2v) is 12.1. The molecule has 41 heavy (non-hydrogen) atoms. The van der Waals surface area contributed by atoms with Gasteiger partial charge in [0.2, 0.25) is 0 Å². The van der Waals surface area contributed by atoms with Crippen LogP contribution in [0.4, 0.5) is 13.2 Å². The number of carbonyl (C=O) groups is 2. The number of alkyl halides is 3. The first kappa shape index (κ1) is 26.4.